The normalized spacial score (nSPS) is 15.2. The maximum atomic E-state index is 2.36. The standard InChI is InChI=1S/C28H23P/c1-21-20-22-12-8-9-18-26(22)28(27-19-11-10-17-25(21)27)29(23-13-4-2-5-14-23)24-15-6-3-7-16-24/h2-20,28H,1H3. The minimum Gasteiger partial charge on any atom is -0.0622 e. The third-order valence-corrected chi connectivity index (χ3v) is 8.45. The van der Waals surface area contributed by atoms with E-state index in [1.165, 1.54) is 38.4 Å². The summed E-state index contributed by atoms with van der Waals surface area (Å²) in [5.41, 5.74) is 7.22. The summed E-state index contributed by atoms with van der Waals surface area (Å²) in [6, 6.07) is 40.0. The SMILES string of the molecule is CC1=Cc2ccccc2C(P(c2ccccc2)c2ccccc2)c2ccccc21. The molecule has 0 heterocycles. The van der Waals surface area contributed by atoms with Gasteiger partial charge in [0, 0.05) is 5.66 Å². The van der Waals surface area contributed by atoms with Gasteiger partial charge in [0.1, 0.15) is 0 Å². The van der Waals surface area contributed by atoms with Gasteiger partial charge in [-0.3, -0.25) is 0 Å². The fraction of sp³-hybridized carbons (Fsp3) is 0.0714. The molecule has 0 N–H and O–H groups in total. The Balaban J connectivity index is 1.83. The predicted molar refractivity (Wildman–Crippen MR) is 127 cm³/mol. The van der Waals surface area contributed by atoms with Crippen molar-refractivity contribution in [3.8, 4) is 0 Å². The predicted octanol–water partition coefficient (Wildman–Crippen LogP) is 6.78. The van der Waals surface area contributed by atoms with Crippen LogP contribution in [0.2, 0.25) is 0 Å². The minimum absolute atomic E-state index is 0.316. The van der Waals surface area contributed by atoms with Crippen LogP contribution in [0.1, 0.15) is 34.8 Å². The number of rotatable bonds is 3. The van der Waals surface area contributed by atoms with Crippen LogP contribution in [0, 0.1) is 0 Å². The smallest absolute Gasteiger partial charge is 0.0384 e. The largest absolute Gasteiger partial charge is 0.0622 e. The van der Waals surface area contributed by atoms with Crippen molar-refractivity contribution in [3.63, 3.8) is 0 Å². The Morgan fingerprint density at radius 1 is 0.552 bits per heavy atom. The lowest BCUT2D eigenvalue weighted by Crippen LogP contribution is -2.18. The molecule has 1 aliphatic rings. The zero-order valence-corrected chi connectivity index (χ0v) is 17.4. The summed E-state index contributed by atoms with van der Waals surface area (Å²) in [6.07, 6.45) is 2.36. The van der Waals surface area contributed by atoms with Gasteiger partial charge in [-0.1, -0.05) is 115 Å². The Bertz CT molecular complexity index is 1120. The van der Waals surface area contributed by atoms with Crippen LogP contribution >= 0.6 is 7.92 Å². The Kier molecular flexibility index (Phi) is 4.88. The van der Waals surface area contributed by atoms with Crippen molar-refractivity contribution in [3.05, 3.63) is 131 Å². The van der Waals surface area contributed by atoms with Gasteiger partial charge in [-0.05, 0) is 53.3 Å². The molecule has 1 heteroatoms. The van der Waals surface area contributed by atoms with Crippen LogP contribution in [0.15, 0.2) is 109 Å². The van der Waals surface area contributed by atoms with E-state index in [0.29, 0.717) is 5.66 Å². The van der Waals surface area contributed by atoms with E-state index < -0.39 is 7.92 Å². The van der Waals surface area contributed by atoms with Gasteiger partial charge in [0.15, 0.2) is 0 Å². The highest BCUT2D eigenvalue weighted by Gasteiger charge is 2.32. The molecule has 29 heavy (non-hydrogen) atoms. The first-order valence-electron chi connectivity index (χ1n) is 10.1. The van der Waals surface area contributed by atoms with E-state index >= 15 is 0 Å². The molecule has 0 aliphatic heterocycles. The zero-order chi connectivity index (χ0) is 19.6. The van der Waals surface area contributed by atoms with Crippen molar-refractivity contribution in [2.75, 3.05) is 0 Å². The van der Waals surface area contributed by atoms with Crippen molar-refractivity contribution >= 4 is 30.2 Å². The average Bonchev–Trinajstić information content (AvgIpc) is 2.91. The van der Waals surface area contributed by atoms with Crippen LogP contribution in [-0.2, 0) is 0 Å². The van der Waals surface area contributed by atoms with Crippen LogP contribution in [0.4, 0.5) is 0 Å². The Labute approximate surface area is 174 Å². The first-order chi connectivity index (χ1) is 14.3. The van der Waals surface area contributed by atoms with Crippen molar-refractivity contribution in [1.82, 2.24) is 0 Å². The molecule has 1 unspecified atom stereocenters. The second kappa shape index (κ2) is 7.82. The van der Waals surface area contributed by atoms with Crippen LogP contribution in [-0.4, -0.2) is 0 Å². The number of fused-ring (bicyclic) bond motifs is 2. The van der Waals surface area contributed by atoms with E-state index in [9.17, 15) is 0 Å². The molecule has 0 aromatic heterocycles. The number of hydrogen-bond donors (Lipinski definition) is 0. The molecule has 0 radical (unpaired) electrons. The first kappa shape index (κ1) is 18.1. The summed E-state index contributed by atoms with van der Waals surface area (Å²) in [7, 11) is -0.612. The number of benzene rings is 4. The third-order valence-electron chi connectivity index (χ3n) is 5.67. The molecule has 1 aliphatic carbocycles. The molecule has 0 fully saturated rings. The first-order valence-corrected chi connectivity index (χ1v) is 11.5. The second-order valence-corrected chi connectivity index (χ2v) is 9.78. The molecule has 1 atom stereocenters. The lowest BCUT2D eigenvalue weighted by molar-refractivity contribution is 1.13. The van der Waals surface area contributed by atoms with E-state index in [1.54, 1.807) is 0 Å². The average molecular weight is 390 g/mol. The van der Waals surface area contributed by atoms with Crippen molar-refractivity contribution in [2.45, 2.75) is 12.6 Å². The summed E-state index contributed by atoms with van der Waals surface area (Å²) in [5.74, 6) is 0. The molecule has 0 amide bonds. The van der Waals surface area contributed by atoms with Crippen molar-refractivity contribution in [2.24, 2.45) is 0 Å². The van der Waals surface area contributed by atoms with Crippen LogP contribution in [0.25, 0.3) is 11.6 Å². The Hall–Kier alpha value is -2.95. The summed E-state index contributed by atoms with van der Waals surface area (Å²) in [6.45, 7) is 2.24. The van der Waals surface area contributed by atoms with E-state index in [4.69, 9.17) is 0 Å². The molecule has 4 aromatic rings. The van der Waals surface area contributed by atoms with Gasteiger partial charge in [-0.15, -0.1) is 0 Å². The fourth-order valence-corrected chi connectivity index (χ4v) is 7.26. The molecule has 0 saturated heterocycles. The van der Waals surface area contributed by atoms with Crippen LogP contribution in [0.3, 0.4) is 0 Å². The molecule has 4 aromatic carbocycles. The number of hydrogen-bond acceptors (Lipinski definition) is 0. The van der Waals surface area contributed by atoms with Gasteiger partial charge in [-0.25, -0.2) is 0 Å². The Morgan fingerprint density at radius 2 is 1.07 bits per heavy atom. The molecular formula is C28H23P. The highest BCUT2D eigenvalue weighted by molar-refractivity contribution is 7.73. The van der Waals surface area contributed by atoms with Gasteiger partial charge < -0.3 is 0 Å². The molecular weight excluding hydrogens is 367 g/mol. The topological polar surface area (TPSA) is 0 Å². The van der Waals surface area contributed by atoms with Crippen LogP contribution < -0.4 is 10.6 Å². The van der Waals surface area contributed by atoms with E-state index in [-0.39, 0.29) is 0 Å². The third kappa shape index (κ3) is 3.35. The van der Waals surface area contributed by atoms with Gasteiger partial charge in [0.2, 0.25) is 0 Å². The van der Waals surface area contributed by atoms with E-state index in [2.05, 4.69) is 122 Å². The van der Waals surface area contributed by atoms with Gasteiger partial charge in [0.25, 0.3) is 0 Å². The second-order valence-electron chi connectivity index (χ2n) is 7.49. The monoisotopic (exact) mass is 390 g/mol. The summed E-state index contributed by atoms with van der Waals surface area (Å²) >= 11 is 0. The molecule has 0 saturated carbocycles. The summed E-state index contributed by atoms with van der Waals surface area (Å²) in [5, 5.41) is 2.84. The highest BCUT2D eigenvalue weighted by atomic mass is 31.1. The molecule has 0 bridgehead atoms. The van der Waals surface area contributed by atoms with Crippen molar-refractivity contribution < 1.29 is 0 Å². The van der Waals surface area contributed by atoms with Gasteiger partial charge in [0.05, 0.1) is 0 Å². The molecule has 0 nitrogen and oxygen atoms in total. The van der Waals surface area contributed by atoms with Gasteiger partial charge >= 0.3 is 0 Å². The molecule has 140 valence electrons. The molecule has 0 spiro atoms. The fourth-order valence-electron chi connectivity index (χ4n) is 4.37. The molecule has 5 rings (SSSR count). The maximum Gasteiger partial charge on any atom is 0.0384 e. The quantitative estimate of drug-likeness (QED) is 0.338. The highest BCUT2D eigenvalue weighted by Crippen LogP contribution is 2.56. The Morgan fingerprint density at radius 3 is 1.72 bits per heavy atom. The minimum atomic E-state index is -0.612. The van der Waals surface area contributed by atoms with Crippen molar-refractivity contribution in [1.29, 1.82) is 0 Å². The van der Waals surface area contributed by atoms with E-state index in [0.717, 1.165) is 0 Å². The lowest BCUT2D eigenvalue weighted by Gasteiger charge is -2.31. The van der Waals surface area contributed by atoms with Gasteiger partial charge in [-0.2, -0.15) is 0 Å². The van der Waals surface area contributed by atoms with Crippen LogP contribution in [0.5, 0.6) is 0 Å². The maximum absolute atomic E-state index is 2.36. The number of allylic oxidation sites excluding steroid dienone is 1. The lowest BCUT2D eigenvalue weighted by atomic mass is 9.98. The summed E-state index contributed by atoms with van der Waals surface area (Å²) in [4.78, 5) is 0. The van der Waals surface area contributed by atoms with E-state index in [1.807, 2.05) is 0 Å². The zero-order valence-electron chi connectivity index (χ0n) is 16.5. The summed E-state index contributed by atoms with van der Waals surface area (Å²) < 4.78 is 0.